The third kappa shape index (κ3) is 4.68. The van der Waals surface area contributed by atoms with Gasteiger partial charge >= 0.3 is 0 Å². The lowest BCUT2D eigenvalue weighted by molar-refractivity contribution is 0.101. The topological polar surface area (TPSA) is 98.2 Å². The zero-order valence-electron chi connectivity index (χ0n) is 16.5. The van der Waals surface area contributed by atoms with E-state index in [4.69, 9.17) is 16.3 Å². The molecule has 0 saturated heterocycles. The van der Waals surface area contributed by atoms with Crippen molar-refractivity contribution >= 4 is 44.1 Å². The third-order valence-electron chi connectivity index (χ3n) is 4.37. The van der Waals surface area contributed by atoms with Gasteiger partial charge in [0, 0.05) is 11.9 Å². The minimum absolute atomic E-state index is 0.00725. The molecule has 0 unspecified atom stereocenters. The second kappa shape index (κ2) is 8.52. The molecule has 7 nitrogen and oxygen atoms in total. The number of sulfone groups is 1. The molecule has 32 heavy (non-hydrogen) atoms. The molecule has 1 aromatic heterocycles. The van der Waals surface area contributed by atoms with Gasteiger partial charge in [0.05, 0.1) is 21.0 Å². The summed E-state index contributed by atoms with van der Waals surface area (Å²) in [6.07, 6.45) is 1.07. The van der Waals surface area contributed by atoms with Crippen LogP contribution in [0.15, 0.2) is 71.6 Å². The van der Waals surface area contributed by atoms with Gasteiger partial charge in [0.2, 0.25) is 0 Å². The summed E-state index contributed by atoms with van der Waals surface area (Å²) in [4.78, 5) is 21.8. The van der Waals surface area contributed by atoms with Crippen LogP contribution in [0.3, 0.4) is 0 Å². The highest BCUT2D eigenvalue weighted by Crippen LogP contribution is 2.31. The molecule has 162 valence electrons. The number of fused-ring (bicyclic) bond motifs is 1. The van der Waals surface area contributed by atoms with Crippen molar-refractivity contribution in [3.05, 3.63) is 83.3 Å². The number of aromatic nitrogens is 2. The molecule has 4 aromatic rings. The summed E-state index contributed by atoms with van der Waals surface area (Å²) in [7, 11) is -3.46. The maximum Gasteiger partial charge on any atom is 0.279 e. The van der Waals surface area contributed by atoms with Crippen LogP contribution in [0, 0.1) is 5.82 Å². The molecule has 0 atom stereocenters. The van der Waals surface area contributed by atoms with Gasteiger partial charge in [-0.05, 0) is 48.5 Å². The van der Waals surface area contributed by atoms with Gasteiger partial charge < -0.3 is 10.1 Å². The van der Waals surface area contributed by atoms with Crippen LogP contribution in [-0.2, 0) is 9.84 Å². The van der Waals surface area contributed by atoms with E-state index in [9.17, 15) is 17.6 Å². The molecule has 3 aromatic carbocycles. The van der Waals surface area contributed by atoms with Crippen LogP contribution in [0.4, 0.5) is 10.1 Å². The van der Waals surface area contributed by atoms with E-state index in [1.54, 1.807) is 30.3 Å². The van der Waals surface area contributed by atoms with E-state index in [0.717, 1.165) is 18.4 Å². The smallest absolute Gasteiger partial charge is 0.279 e. The van der Waals surface area contributed by atoms with E-state index in [1.165, 1.54) is 24.3 Å². The van der Waals surface area contributed by atoms with Crippen LogP contribution in [-0.4, -0.2) is 30.5 Å². The van der Waals surface area contributed by atoms with Crippen LogP contribution in [0.1, 0.15) is 10.5 Å². The van der Waals surface area contributed by atoms with Crippen molar-refractivity contribution < 1.29 is 22.3 Å². The van der Waals surface area contributed by atoms with Crippen LogP contribution < -0.4 is 10.1 Å². The molecule has 0 bridgehead atoms. The van der Waals surface area contributed by atoms with E-state index < -0.39 is 21.6 Å². The molecule has 1 amide bonds. The van der Waals surface area contributed by atoms with Crippen molar-refractivity contribution in [3.8, 4) is 11.6 Å². The number of carbonyl (C=O) groups is 1. The Balaban J connectivity index is 1.75. The number of nitrogens with one attached hydrogen (secondary N) is 1. The van der Waals surface area contributed by atoms with E-state index in [2.05, 4.69) is 15.3 Å². The SMILES string of the molecule is CS(=O)(=O)c1cccc(NC(=O)c2nc3ccccc3nc2Oc2ccc(F)cc2Cl)c1. The molecule has 1 N–H and O–H groups in total. The van der Waals surface area contributed by atoms with Crippen molar-refractivity contribution in [2.24, 2.45) is 0 Å². The molecule has 0 spiro atoms. The van der Waals surface area contributed by atoms with Crippen LogP contribution >= 0.6 is 11.6 Å². The third-order valence-corrected chi connectivity index (χ3v) is 5.78. The number of halogens is 2. The molecule has 0 aliphatic carbocycles. The number of ether oxygens (including phenoxy) is 1. The number of amides is 1. The molecule has 0 radical (unpaired) electrons. The summed E-state index contributed by atoms with van der Waals surface area (Å²) >= 11 is 6.05. The summed E-state index contributed by atoms with van der Waals surface area (Å²) in [5.41, 5.74) is 1.00. The monoisotopic (exact) mass is 471 g/mol. The van der Waals surface area contributed by atoms with Gasteiger partial charge in [0.1, 0.15) is 11.6 Å². The van der Waals surface area contributed by atoms with E-state index >= 15 is 0 Å². The number of para-hydroxylation sites is 2. The Morgan fingerprint density at radius 1 is 1.00 bits per heavy atom. The molecule has 0 fully saturated rings. The molecular formula is C22H15ClFN3O4S. The molecule has 4 rings (SSSR count). The van der Waals surface area contributed by atoms with Crippen molar-refractivity contribution in [3.63, 3.8) is 0 Å². The zero-order chi connectivity index (χ0) is 22.9. The normalized spacial score (nSPS) is 11.3. The predicted octanol–water partition coefficient (Wildman–Crippen LogP) is 4.87. The molecule has 0 aliphatic rings. The molecule has 0 saturated carbocycles. The average molecular weight is 472 g/mol. The maximum atomic E-state index is 13.4. The predicted molar refractivity (Wildman–Crippen MR) is 119 cm³/mol. The Morgan fingerprint density at radius 2 is 1.72 bits per heavy atom. The van der Waals surface area contributed by atoms with Crippen LogP contribution in [0.2, 0.25) is 5.02 Å². The number of rotatable bonds is 5. The second-order valence-electron chi connectivity index (χ2n) is 6.80. The lowest BCUT2D eigenvalue weighted by Gasteiger charge is -2.12. The Kier molecular flexibility index (Phi) is 5.77. The summed E-state index contributed by atoms with van der Waals surface area (Å²) in [6, 6.07) is 16.2. The minimum atomic E-state index is -3.46. The molecule has 1 heterocycles. The van der Waals surface area contributed by atoms with Crippen molar-refractivity contribution in [1.82, 2.24) is 9.97 Å². The Morgan fingerprint density at radius 3 is 2.41 bits per heavy atom. The van der Waals surface area contributed by atoms with E-state index in [-0.39, 0.29) is 32.9 Å². The van der Waals surface area contributed by atoms with Gasteiger partial charge in [-0.1, -0.05) is 29.8 Å². The first-order valence-electron chi connectivity index (χ1n) is 9.22. The van der Waals surface area contributed by atoms with Gasteiger partial charge in [-0.2, -0.15) is 0 Å². The van der Waals surface area contributed by atoms with Crippen LogP contribution in [0.5, 0.6) is 11.6 Å². The highest BCUT2D eigenvalue weighted by atomic mass is 35.5. The van der Waals surface area contributed by atoms with Crippen molar-refractivity contribution in [2.45, 2.75) is 4.90 Å². The fraction of sp³-hybridized carbons (Fsp3) is 0.0455. The van der Waals surface area contributed by atoms with E-state index in [0.29, 0.717) is 11.0 Å². The first-order chi connectivity index (χ1) is 15.2. The first kappa shape index (κ1) is 21.7. The Hall–Kier alpha value is -3.56. The molecule has 10 heteroatoms. The standard InChI is InChI=1S/C22H15ClFN3O4S/c1-32(29,30)15-6-4-5-14(12-15)25-21(28)20-22(27-18-8-3-2-7-17(18)26-20)31-19-10-9-13(24)11-16(19)23/h2-12H,1H3,(H,25,28). The number of carbonyl (C=O) groups excluding carboxylic acids is 1. The largest absolute Gasteiger partial charge is 0.435 e. The van der Waals surface area contributed by atoms with Gasteiger partial charge in [0.25, 0.3) is 11.8 Å². The average Bonchev–Trinajstić information content (AvgIpc) is 2.75. The number of hydrogen-bond acceptors (Lipinski definition) is 6. The van der Waals surface area contributed by atoms with Gasteiger partial charge in [-0.15, -0.1) is 0 Å². The molecule has 0 aliphatic heterocycles. The quantitative estimate of drug-likeness (QED) is 0.446. The van der Waals surface area contributed by atoms with Gasteiger partial charge in [0.15, 0.2) is 15.5 Å². The Labute approximate surface area is 187 Å². The summed E-state index contributed by atoms with van der Waals surface area (Å²) in [6.45, 7) is 0. The van der Waals surface area contributed by atoms with Gasteiger partial charge in [-0.3, -0.25) is 4.79 Å². The zero-order valence-corrected chi connectivity index (χ0v) is 18.1. The number of benzene rings is 3. The summed E-state index contributed by atoms with van der Waals surface area (Å²) in [5, 5.41) is 2.60. The summed E-state index contributed by atoms with van der Waals surface area (Å²) in [5.74, 6) is -1.28. The number of hydrogen-bond donors (Lipinski definition) is 1. The van der Waals surface area contributed by atoms with Crippen LogP contribution in [0.25, 0.3) is 11.0 Å². The lowest BCUT2D eigenvalue weighted by atomic mass is 10.2. The number of nitrogens with zero attached hydrogens (tertiary/aromatic N) is 2. The first-order valence-corrected chi connectivity index (χ1v) is 11.5. The highest BCUT2D eigenvalue weighted by molar-refractivity contribution is 7.90. The molecular weight excluding hydrogens is 457 g/mol. The fourth-order valence-electron chi connectivity index (χ4n) is 2.86. The minimum Gasteiger partial charge on any atom is -0.435 e. The highest BCUT2D eigenvalue weighted by Gasteiger charge is 2.20. The Bertz CT molecular complexity index is 1460. The van der Waals surface area contributed by atoms with Crippen molar-refractivity contribution in [2.75, 3.05) is 11.6 Å². The van der Waals surface area contributed by atoms with E-state index in [1.807, 2.05) is 0 Å². The maximum absolute atomic E-state index is 13.4. The number of anilines is 1. The fourth-order valence-corrected chi connectivity index (χ4v) is 3.73. The van der Waals surface area contributed by atoms with Gasteiger partial charge in [-0.25, -0.2) is 22.8 Å². The second-order valence-corrected chi connectivity index (χ2v) is 9.22. The summed E-state index contributed by atoms with van der Waals surface area (Å²) < 4.78 is 42.7. The van der Waals surface area contributed by atoms with Crippen molar-refractivity contribution in [1.29, 1.82) is 0 Å². The lowest BCUT2D eigenvalue weighted by Crippen LogP contribution is -2.16.